The predicted octanol–water partition coefficient (Wildman–Crippen LogP) is 0.533. The molecule has 1 aromatic rings. The minimum atomic E-state index is -0.0255. The fourth-order valence-corrected chi connectivity index (χ4v) is 3.75. The van der Waals surface area contributed by atoms with E-state index < -0.39 is 0 Å². The first-order valence-corrected chi connectivity index (χ1v) is 8.36. The Kier molecular flexibility index (Phi) is 4.54. The Morgan fingerprint density at radius 2 is 2.29 bits per heavy atom. The van der Waals surface area contributed by atoms with Gasteiger partial charge in [0, 0.05) is 38.1 Å². The largest absolute Gasteiger partial charge is 0.304 e. The highest BCUT2D eigenvalue weighted by Crippen LogP contribution is 2.20. The van der Waals surface area contributed by atoms with Crippen molar-refractivity contribution in [2.24, 2.45) is 0 Å². The second kappa shape index (κ2) is 6.39. The zero-order valence-corrected chi connectivity index (χ0v) is 13.5. The topological polar surface area (TPSA) is 51.7 Å². The van der Waals surface area contributed by atoms with E-state index in [9.17, 15) is 4.79 Å². The van der Waals surface area contributed by atoms with Gasteiger partial charge in [0.15, 0.2) is 5.13 Å². The molecule has 3 aliphatic rings. The lowest BCUT2D eigenvalue weighted by molar-refractivity contribution is -0.122. The number of aromatic nitrogens is 1. The second-order valence-electron chi connectivity index (χ2n) is 6.08. The Balaban J connectivity index is 1.62. The second-order valence-corrected chi connectivity index (χ2v) is 6.94. The number of hydrogen-bond donors (Lipinski definition) is 1. The van der Waals surface area contributed by atoms with E-state index in [1.54, 1.807) is 0 Å². The summed E-state index contributed by atoms with van der Waals surface area (Å²) in [6.07, 6.45) is 1.16. The first kappa shape index (κ1) is 14.9. The van der Waals surface area contributed by atoms with E-state index >= 15 is 0 Å². The predicted molar refractivity (Wildman–Crippen MR) is 84.6 cm³/mol. The molecule has 0 aromatic carbocycles. The lowest BCUT2D eigenvalue weighted by Crippen LogP contribution is -2.55. The number of anilines is 1. The number of nitrogens with zero attached hydrogens (tertiary/aromatic N) is 4. The molecule has 3 fully saturated rings. The number of hydrogen-bond acceptors (Lipinski definition) is 6. The van der Waals surface area contributed by atoms with Crippen molar-refractivity contribution in [1.29, 1.82) is 0 Å². The van der Waals surface area contributed by atoms with Crippen molar-refractivity contribution in [2.75, 3.05) is 52.1 Å². The molecule has 3 atom stereocenters. The van der Waals surface area contributed by atoms with Crippen LogP contribution in [0.4, 0.5) is 5.13 Å². The van der Waals surface area contributed by atoms with Crippen LogP contribution < -0.4 is 5.32 Å². The maximum atomic E-state index is 12.5. The summed E-state index contributed by atoms with van der Waals surface area (Å²) in [5.41, 5.74) is 1.01. The van der Waals surface area contributed by atoms with Crippen molar-refractivity contribution in [2.45, 2.75) is 19.0 Å². The van der Waals surface area contributed by atoms with Crippen LogP contribution in [0, 0.1) is 0 Å². The summed E-state index contributed by atoms with van der Waals surface area (Å²) < 4.78 is 0. The van der Waals surface area contributed by atoms with Gasteiger partial charge in [0.2, 0.25) is 5.91 Å². The Hall–Kier alpha value is -1.02. The third-order valence-corrected chi connectivity index (χ3v) is 4.86. The summed E-state index contributed by atoms with van der Waals surface area (Å²) in [6, 6.07) is -0.0255. The van der Waals surface area contributed by atoms with Crippen molar-refractivity contribution in [3.05, 3.63) is 11.1 Å². The van der Waals surface area contributed by atoms with Gasteiger partial charge in [-0.1, -0.05) is 0 Å². The van der Waals surface area contributed by atoms with Gasteiger partial charge < -0.3 is 10.2 Å². The molecule has 0 saturated carbocycles. The molecule has 1 N–H and O–H groups in total. The van der Waals surface area contributed by atoms with Gasteiger partial charge in [0.25, 0.3) is 0 Å². The molecule has 4 rings (SSSR count). The number of amides is 1. The van der Waals surface area contributed by atoms with Crippen molar-refractivity contribution >= 4 is 22.4 Å². The van der Waals surface area contributed by atoms with E-state index in [2.05, 4.69) is 25.0 Å². The van der Waals surface area contributed by atoms with Gasteiger partial charge in [0.05, 0.1) is 5.69 Å². The molecule has 3 aliphatic heterocycles. The van der Waals surface area contributed by atoms with Gasteiger partial charge in [-0.25, -0.2) is 4.98 Å². The number of fused-ring (bicyclic) bond motifs is 4. The third-order valence-electron chi connectivity index (χ3n) is 4.06. The number of nitrogens with one attached hydrogen (secondary N) is 1. The molecule has 116 valence electrons. The smallest absolute Gasteiger partial charge is 0.244 e. The maximum absolute atomic E-state index is 12.5. The molecule has 4 heterocycles. The summed E-state index contributed by atoms with van der Waals surface area (Å²) in [7, 11) is 4.03. The molecular weight excluding hydrogens is 286 g/mol. The molecule has 6 nitrogen and oxygen atoms in total. The standard InChI is InChI=1S/C14H23N5OS/c1-17(2)8-11-10-21-14(15-11)16-13(20)12-9-18-4-3-5-19(12)7-6-18/h10,12H,3-9H2,1-2H3,(H,15,16,20). The summed E-state index contributed by atoms with van der Waals surface area (Å²) in [4.78, 5) is 23.8. The van der Waals surface area contributed by atoms with Crippen LogP contribution in [-0.2, 0) is 11.3 Å². The molecule has 21 heavy (non-hydrogen) atoms. The van der Waals surface area contributed by atoms with Crippen LogP contribution in [0.5, 0.6) is 0 Å². The SMILES string of the molecule is CN(C)Cc1csc(NC(=O)C2CN3CCCN2CC3)n1. The first-order valence-electron chi connectivity index (χ1n) is 7.48. The number of piperazine rings is 1. The van der Waals surface area contributed by atoms with E-state index in [4.69, 9.17) is 0 Å². The van der Waals surface area contributed by atoms with Gasteiger partial charge in [-0.3, -0.25) is 14.6 Å². The lowest BCUT2D eigenvalue weighted by Gasteiger charge is -2.36. The highest BCUT2D eigenvalue weighted by atomic mass is 32.1. The molecule has 0 spiro atoms. The number of thiazole rings is 1. The van der Waals surface area contributed by atoms with Crippen LogP contribution in [0.2, 0.25) is 0 Å². The summed E-state index contributed by atoms with van der Waals surface area (Å²) >= 11 is 1.51. The van der Waals surface area contributed by atoms with Gasteiger partial charge in [-0.05, 0) is 27.1 Å². The highest BCUT2D eigenvalue weighted by Gasteiger charge is 2.34. The third kappa shape index (κ3) is 3.60. The molecule has 3 saturated heterocycles. The Bertz CT molecular complexity index is 499. The first-order chi connectivity index (χ1) is 10.1. The summed E-state index contributed by atoms with van der Waals surface area (Å²) in [5, 5.41) is 5.73. The molecule has 2 bridgehead atoms. The van der Waals surface area contributed by atoms with E-state index in [1.807, 2.05) is 19.5 Å². The zero-order valence-electron chi connectivity index (χ0n) is 12.7. The van der Waals surface area contributed by atoms with Gasteiger partial charge in [-0.15, -0.1) is 11.3 Å². The van der Waals surface area contributed by atoms with Crippen molar-refractivity contribution in [3.8, 4) is 0 Å². The Morgan fingerprint density at radius 3 is 3.10 bits per heavy atom. The van der Waals surface area contributed by atoms with E-state index in [1.165, 1.54) is 11.3 Å². The quantitative estimate of drug-likeness (QED) is 0.879. The lowest BCUT2D eigenvalue weighted by atomic mass is 10.2. The average Bonchev–Trinajstić information content (AvgIpc) is 2.65. The molecule has 7 heteroatoms. The molecule has 0 aliphatic carbocycles. The van der Waals surface area contributed by atoms with Crippen LogP contribution in [0.1, 0.15) is 12.1 Å². The fourth-order valence-electron chi connectivity index (χ4n) is 3.04. The number of rotatable bonds is 4. The van der Waals surface area contributed by atoms with Crippen LogP contribution >= 0.6 is 11.3 Å². The number of carbonyl (C=O) groups is 1. The van der Waals surface area contributed by atoms with Crippen LogP contribution in [0.25, 0.3) is 0 Å². The highest BCUT2D eigenvalue weighted by molar-refractivity contribution is 7.13. The summed E-state index contributed by atoms with van der Waals surface area (Å²) in [6.45, 7) is 5.89. The van der Waals surface area contributed by atoms with Gasteiger partial charge in [0.1, 0.15) is 6.04 Å². The number of carbonyl (C=O) groups excluding carboxylic acids is 1. The molecule has 1 aromatic heterocycles. The monoisotopic (exact) mass is 309 g/mol. The van der Waals surface area contributed by atoms with Crippen LogP contribution in [0.15, 0.2) is 5.38 Å². The van der Waals surface area contributed by atoms with Gasteiger partial charge >= 0.3 is 0 Å². The maximum Gasteiger partial charge on any atom is 0.244 e. The Labute approximate surface area is 129 Å². The molecular formula is C14H23N5OS. The molecule has 3 unspecified atom stereocenters. The fraction of sp³-hybridized carbons (Fsp3) is 0.714. The zero-order chi connectivity index (χ0) is 14.8. The van der Waals surface area contributed by atoms with Crippen molar-refractivity contribution in [1.82, 2.24) is 19.7 Å². The molecule has 1 amide bonds. The average molecular weight is 309 g/mol. The Morgan fingerprint density at radius 1 is 1.43 bits per heavy atom. The minimum Gasteiger partial charge on any atom is -0.304 e. The van der Waals surface area contributed by atoms with E-state index in [-0.39, 0.29) is 11.9 Å². The van der Waals surface area contributed by atoms with Crippen LogP contribution in [-0.4, -0.2) is 78.5 Å². The minimum absolute atomic E-state index is 0.0255. The van der Waals surface area contributed by atoms with Crippen molar-refractivity contribution < 1.29 is 4.79 Å². The normalized spacial score (nSPS) is 28.6. The van der Waals surface area contributed by atoms with Gasteiger partial charge in [-0.2, -0.15) is 0 Å². The van der Waals surface area contributed by atoms with E-state index in [0.717, 1.165) is 51.4 Å². The van der Waals surface area contributed by atoms with Crippen LogP contribution in [0.3, 0.4) is 0 Å². The summed E-state index contributed by atoms with van der Waals surface area (Å²) in [5.74, 6) is 0.0901. The van der Waals surface area contributed by atoms with E-state index in [0.29, 0.717) is 5.13 Å². The molecule has 0 radical (unpaired) electrons. The van der Waals surface area contributed by atoms with Crippen molar-refractivity contribution in [3.63, 3.8) is 0 Å².